The second kappa shape index (κ2) is 7.22. The lowest BCUT2D eigenvalue weighted by atomic mass is 10.2. The monoisotopic (exact) mass is 408 g/mol. The van der Waals surface area contributed by atoms with Crippen molar-refractivity contribution in [2.45, 2.75) is 31.2 Å². The maximum atomic E-state index is 10.8. The Hall–Kier alpha value is -2.96. The summed E-state index contributed by atoms with van der Waals surface area (Å²) in [5.74, 6) is 0.742. The zero-order chi connectivity index (χ0) is 19.8. The van der Waals surface area contributed by atoms with Gasteiger partial charge in [0.1, 0.15) is 28.2 Å². The van der Waals surface area contributed by atoms with E-state index in [-0.39, 0.29) is 11.3 Å². The van der Waals surface area contributed by atoms with Gasteiger partial charge < -0.3 is 5.11 Å². The number of thiazole rings is 1. The molecule has 9 heteroatoms. The van der Waals surface area contributed by atoms with E-state index in [2.05, 4.69) is 26.2 Å². The van der Waals surface area contributed by atoms with Crippen molar-refractivity contribution in [3.63, 3.8) is 0 Å². The molecule has 1 aromatic carbocycles. The van der Waals surface area contributed by atoms with Crippen LogP contribution in [-0.2, 0) is 0 Å². The van der Waals surface area contributed by atoms with E-state index in [4.69, 9.17) is 0 Å². The molecule has 7 nitrogen and oxygen atoms in total. The number of hydrogen-bond donors (Lipinski definition) is 1. The Morgan fingerprint density at radius 2 is 2.04 bits per heavy atom. The molecule has 140 valence electrons. The van der Waals surface area contributed by atoms with Crippen LogP contribution in [0.1, 0.15) is 23.4 Å². The Morgan fingerprint density at radius 1 is 1.25 bits per heavy atom. The zero-order valence-electron chi connectivity index (χ0n) is 15.4. The molecule has 0 amide bonds. The van der Waals surface area contributed by atoms with Crippen molar-refractivity contribution in [3.8, 4) is 6.07 Å². The highest BCUT2D eigenvalue weighted by molar-refractivity contribution is 7.99. The third kappa shape index (κ3) is 3.21. The topological polar surface area (TPSA) is 100.0 Å². The third-order valence-corrected chi connectivity index (χ3v) is 6.31. The van der Waals surface area contributed by atoms with Crippen molar-refractivity contribution in [1.29, 1.82) is 5.26 Å². The van der Waals surface area contributed by atoms with E-state index >= 15 is 0 Å². The first-order valence-corrected chi connectivity index (χ1v) is 10.2. The highest BCUT2D eigenvalue weighted by Crippen LogP contribution is 2.33. The van der Waals surface area contributed by atoms with Gasteiger partial charge in [0, 0.05) is 11.8 Å². The van der Waals surface area contributed by atoms with E-state index in [0.717, 1.165) is 21.7 Å². The average Bonchev–Trinajstić information content (AvgIpc) is 3.26. The van der Waals surface area contributed by atoms with E-state index in [1.165, 1.54) is 23.1 Å². The largest absolute Gasteiger partial charge is 0.510 e. The van der Waals surface area contributed by atoms with Gasteiger partial charge in [0.25, 0.3) is 0 Å². The van der Waals surface area contributed by atoms with Crippen LogP contribution in [0.2, 0.25) is 0 Å². The van der Waals surface area contributed by atoms with Crippen LogP contribution in [0.5, 0.6) is 0 Å². The summed E-state index contributed by atoms with van der Waals surface area (Å²) in [6.07, 6.45) is 0. The Balaban J connectivity index is 1.70. The number of allylic oxidation sites excluding steroid dienone is 1. The molecule has 0 aliphatic heterocycles. The molecule has 0 saturated heterocycles. The van der Waals surface area contributed by atoms with Crippen molar-refractivity contribution in [1.82, 2.24) is 24.6 Å². The molecule has 0 spiro atoms. The normalized spacial score (nSPS) is 13.5. The van der Waals surface area contributed by atoms with E-state index in [9.17, 15) is 10.4 Å². The van der Waals surface area contributed by atoms with E-state index in [1.54, 1.807) is 0 Å². The summed E-state index contributed by atoms with van der Waals surface area (Å²) in [6.45, 7) is 5.61. The molecule has 0 bridgehead atoms. The number of aliphatic hydroxyl groups excluding tert-OH is 1. The number of aromatic nitrogens is 5. The number of nitrogens with zero attached hydrogens (tertiary/aromatic N) is 6. The minimum atomic E-state index is -0.408. The molecule has 0 fully saturated rings. The molecule has 28 heavy (non-hydrogen) atoms. The van der Waals surface area contributed by atoms with Crippen LogP contribution in [0.3, 0.4) is 0 Å². The third-order valence-electron chi connectivity index (χ3n) is 4.20. The quantitative estimate of drug-likeness (QED) is 0.305. The number of aryl methyl sites for hydroxylation is 2. The van der Waals surface area contributed by atoms with Crippen LogP contribution in [0.15, 0.2) is 41.2 Å². The first-order valence-electron chi connectivity index (χ1n) is 8.53. The predicted molar refractivity (Wildman–Crippen MR) is 110 cm³/mol. The van der Waals surface area contributed by atoms with E-state index < -0.39 is 5.25 Å². The molecule has 4 rings (SSSR count). The number of benzene rings is 1. The minimum absolute atomic E-state index is 0.0268. The second-order valence-electron chi connectivity index (χ2n) is 6.24. The molecule has 4 aromatic rings. The fraction of sp³-hybridized carbons (Fsp3) is 0.211. The van der Waals surface area contributed by atoms with Crippen molar-refractivity contribution in [2.24, 2.45) is 0 Å². The van der Waals surface area contributed by atoms with Gasteiger partial charge in [-0.15, -0.1) is 21.5 Å². The highest BCUT2D eigenvalue weighted by Gasteiger charge is 2.22. The maximum absolute atomic E-state index is 10.8. The number of fused-ring (bicyclic) bond motifs is 2. The predicted octanol–water partition coefficient (Wildman–Crippen LogP) is 4.32. The lowest BCUT2D eigenvalue weighted by molar-refractivity contribution is 0.402. The minimum Gasteiger partial charge on any atom is -0.510 e. The molecule has 0 aliphatic rings. The van der Waals surface area contributed by atoms with Crippen molar-refractivity contribution in [2.75, 3.05) is 0 Å². The smallest absolute Gasteiger partial charge is 0.197 e. The molecule has 0 aliphatic carbocycles. The molecular weight excluding hydrogens is 392 g/mol. The number of aliphatic hydroxyl groups is 1. The van der Waals surface area contributed by atoms with Crippen molar-refractivity contribution < 1.29 is 5.11 Å². The van der Waals surface area contributed by atoms with Gasteiger partial charge in [-0.1, -0.05) is 23.9 Å². The second-order valence-corrected chi connectivity index (χ2v) is 8.58. The van der Waals surface area contributed by atoms with Crippen LogP contribution in [0, 0.1) is 25.2 Å². The number of hydrogen-bond acceptors (Lipinski definition) is 8. The van der Waals surface area contributed by atoms with Gasteiger partial charge in [-0.05, 0) is 32.9 Å². The number of para-hydroxylation sites is 1. The van der Waals surface area contributed by atoms with Crippen molar-refractivity contribution in [3.05, 3.63) is 52.6 Å². The van der Waals surface area contributed by atoms with Gasteiger partial charge in [-0.2, -0.15) is 5.26 Å². The standard InChI is InChI=1S/C19H16N6OS2/c1-10-8-16-23-24-19(25(16)12(3)21-10)27-11(2)17(26)13(9-20)18-22-14-6-4-5-7-15(14)28-18/h4-8,11,26H,1-3H3/b17-13-. The summed E-state index contributed by atoms with van der Waals surface area (Å²) in [5, 5.41) is 29.5. The molecule has 0 saturated carbocycles. The van der Waals surface area contributed by atoms with Gasteiger partial charge in [0.05, 0.1) is 15.5 Å². The first kappa shape index (κ1) is 18.4. The van der Waals surface area contributed by atoms with E-state index in [0.29, 0.717) is 15.8 Å². The zero-order valence-corrected chi connectivity index (χ0v) is 17.0. The highest BCUT2D eigenvalue weighted by atomic mass is 32.2. The SMILES string of the molecule is Cc1cc2nnc(SC(C)/C(O)=C(\C#N)c3nc4ccccc4s3)n2c(C)n1. The van der Waals surface area contributed by atoms with Gasteiger partial charge in [-0.25, -0.2) is 9.97 Å². The average molecular weight is 409 g/mol. The Bertz CT molecular complexity index is 1230. The summed E-state index contributed by atoms with van der Waals surface area (Å²) in [7, 11) is 0. The summed E-state index contributed by atoms with van der Waals surface area (Å²) in [5.41, 5.74) is 2.56. The Morgan fingerprint density at radius 3 is 2.79 bits per heavy atom. The van der Waals surface area contributed by atoms with Crippen LogP contribution < -0.4 is 0 Å². The first-order chi connectivity index (χ1) is 13.5. The molecule has 0 radical (unpaired) electrons. The number of thioether (sulfide) groups is 1. The Labute approximate surface area is 169 Å². The van der Waals surface area contributed by atoms with E-state index in [1.807, 2.05) is 55.5 Å². The maximum Gasteiger partial charge on any atom is 0.197 e. The van der Waals surface area contributed by atoms with Crippen LogP contribution in [0.4, 0.5) is 0 Å². The molecule has 1 atom stereocenters. The Kier molecular flexibility index (Phi) is 4.75. The fourth-order valence-corrected chi connectivity index (χ4v) is 4.82. The summed E-state index contributed by atoms with van der Waals surface area (Å²) in [4.78, 5) is 8.93. The van der Waals surface area contributed by atoms with Crippen LogP contribution in [0.25, 0.3) is 21.4 Å². The van der Waals surface area contributed by atoms with Gasteiger partial charge in [0.15, 0.2) is 10.8 Å². The number of nitriles is 1. The molecule has 3 heterocycles. The molecule has 1 N–H and O–H groups in total. The van der Waals surface area contributed by atoms with Crippen LogP contribution >= 0.6 is 23.1 Å². The van der Waals surface area contributed by atoms with Gasteiger partial charge in [-0.3, -0.25) is 4.40 Å². The van der Waals surface area contributed by atoms with Crippen LogP contribution in [-0.4, -0.2) is 34.9 Å². The summed E-state index contributed by atoms with van der Waals surface area (Å²) >= 11 is 2.71. The van der Waals surface area contributed by atoms with Crippen molar-refractivity contribution >= 4 is 44.5 Å². The fourth-order valence-electron chi connectivity index (χ4n) is 2.89. The summed E-state index contributed by atoms with van der Waals surface area (Å²) in [6, 6.07) is 11.6. The molecular formula is C19H16N6OS2. The number of rotatable bonds is 4. The molecule has 1 unspecified atom stereocenters. The lowest BCUT2D eigenvalue weighted by Gasteiger charge is -2.11. The van der Waals surface area contributed by atoms with Gasteiger partial charge in [0.2, 0.25) is 0 Å². The van der Waals surface area contributed by atoms with Gasteiger partial charge >= 0.3 is 0 Å². The molecule has 3 aromatic heterocycles. The summed E-state index contributed by atoms with van der Waals surface area (Å²) < 4.78 is 2.81. The lowest BCUT2D eigenvalue weighted by Crippen LogP contribution is -2.06.